The Hall–Kier alpha value is -3.59. The predicted molar refractivity (Wildman–Crippen MR) is 111 cm³/mol. The number of rotatable bonds is 11. The van der Waals surface area contributed by atoms with Crippen LogP contribution in [-0.4, -0.2) is 51.1 Å². The van der Waals surface area contributed by atoms with E-state index >= 15 is 0 Å². The maximum absolute atomic E-state index is 11.9. The Morgan fingerprint density at radius 1 is 0.839 bits per heavy atom. The lowest BCUT2D eigenvalue weighted by Crippen LogP contribution is -2.45. The van der Waals surface area contributed by atoms with Gasteiger partial charge in [-0.1, -0.05) is 60.7 Å². The Morgan fingerprint density at radius 3 is 1.94 bits per heavy atom. The van der Waals surface area contributed by atoms with Crippen LogP contribution in [0.2, 0.25) is 0 Å². The molecule has 2 N–H and O–H groups in total. The van der Waals surface area contributed by atoms with E-state index in [0.717, 1.165) is 11.1 Å². The van der Waals surface area contributed by atoms with Gasteiger partial charge < -0.3 is 29.6 Å². The van der Waals surface area contributed by atoms with Crippen LogP contribution in [0.3, 0.4) is 0 Å². The molecule has 0 aliphatic heterocycles. The molecule has 0 aromatic heterocycles. The van der Waals surface area contributed by atoms with Crippen LogP contribution in [0.5, 0.6) is 0 Å². The second-order valence-corrected chi connectivity index (χ2v) is 6.35. The van der Waals surface area contributed by atoms with E-state index in [0.29, 0.717) is 0 Å². The average molecular weight is 430 g/mol. The Balaban J connectivity index is 1.63. The fourth-order valence-corrected chi connectivity index (χ4v) is 2.42. The number of amides is 2. The molecular formula is C22H26N2O7. The van der Waals surface area contributed by atoms with Crippen LogP contribution >= 0.6 is 0 Å². The van der Waals surface area contributed by atoms with Crippen LogP contribution in [0, 0.1) is 0 Å². The molecule has 0 saturated heterocycles. The molecule has 9 nitrogen and oxygen atoms in total. The molecule has 2 aromatic carbocycles. The van der Waals surface area contributed by atoms with Gasteiger partial charge in [0.2, 0.25) is 0 Å². The van der Waals surface area contributed by atoms with Gasteiger partial charge in [-0.2, -0.15) is 0 Å². The van der Waals surface area contributed by atoms with Gasteiger partial charge >= 0.3 is 18.2 Å². The maximum atomic E-state index is 11.9. The summed E-state index contributed by atoms with van der Waals surface area (Å²) >= 11 is 0. The minimum absolute atomic E-state index is 0.0659. The van der Waals surface area contributed by atoms with E-state index in [9.17, 15) is 14.4 Å². The number of methoxy groups -OCH3 is 1. The van der Waals surface area contributed by atoms with Gasteiger partial charge in [-0.05, 0) is 11.1 Å². The van der Waals surface area contributed by atoms with Crippen molar-refractivity contribution in [1.82, 2.24) is 10.6 Å². The molecule has 9 heteroatoms. The third kappa shape index (κ3) is 9.64. The van der Waals surface area contributed by atoms with Gasteiger partial charge in [0.05, 0.1) is 20.3 Å². The molecule has 0 aliphatic rings. The first-order valence-corrected chi connectivity index (χ1v) is 9.66. The first kappa shape index (κ1) is 23.7. The Morgan fingerprint density at radius 2 is 1.39 bits per heavy atom. The summed E-state index contributed by atoms with van der Waals surface area (Å²) in [4.78, 5) is 35.5. The van der Waals surface area contributed by atoms with Gasteiger partial charge in [-0.15, -0.1) is 0 Å². The predicted octanol–water partition coefficient (Wildman–Crippen LogP) is 2.40. The minimum Gasteiger partial charge on any atom is -0.467 e. The van der Waals surface area contributed by atoms with Gasteiger partial charge in [-0.25, -0.2) is 14.4 Å². The SMILES string of the molecule is COC(=O)[C@H](COCCNC(=O)OCc1ccccc1)NC(=O)OCc1ccccc1. The number of hydrogen-bond donors (Lipinski definition) is 2. The highest BCUT2D eigenvalue weighted by Crippen LogP contribution is 2.02. The molecule has 0 bridgehead atoms. The summed E-state index contributed by atoms with van der Waals surface area (Å²) in [5.74, 6) is -0.674. The zero-order valence-electron chi connectivity index (χ0n) is 17.2. The smallest absolute Gasteiger partial charge is 0.408 e. The monoisotopic (exact) mass is 430 g/mol. The molecule has 0 aliphatic carbocycles. The van der Waals surface area contributed by atoms with Gasteiger partial charge in [0, 0.05) is 6.54 Å². The van der Waals surface area contributed by atoms with E-state index in [2.05, 4.69) is 15.4 Å². The lowest BCUT2D eigenvalue weighted by molar-refractivity contribution is -0.144. The largest absolute Gasteiger partial charge is 0.467 e. The highest BCUT2D eigenvalue weighted by atomic mass is 16.6. The topological polar surface area (TPSA) is 112 Å². The molecule has 0 heterocycles. The summed E-state index contributed by atoms with van der Waals surface area (Å²) in [6, 6.07) is 17.4. The number of carbonyl (C=O) groups is 3. The van der Waals surface area contributed by atoms with E-state index in [1.807, 2.05) is 60.7 Å². The fourth-order valence-electron chi connectivity index (χ4n) is 2.42. The highest BCUT2D eigenvalue weighted by Gasteiger charge is 2.22. The summed E-state index contributed by atoms with van der Waals surface area (Å²) in [5, 5.41) is 4.94. The molecule has 166 valence electrons. The molecule has 2 aromatic rings. The molecule has 0 radical (unpaired) electrons. The van der Waals surface area contributed by atoms with Crippen molar-refractivity contribution in [2.24, 2.45) is 0 Å². The summed E-state index contributed by atoms with van der Waals surface area (Å²) in [6.45, 7) is 0.353. The van der Waals surface area contributed by atoms with E-state index in [-0.39, 0.29) is 33.0 Å². The van der Waals surface area contributed by atoms with E-state index in [1.165, 1.54) is 7.11 Å². The van der Waals surface area contributed by atoms with Crippen molar-refractivity contribution in [3.8, 4) is 0 Å². The number of esters is 1. The molecular weight excluding hydrogens is 404 g/mol. The van der Waals surface area contributed by atoms with Crippen molar-refractivity contribution >= 4 is 18.2 Å². The Kier molecular flexibility index (Phi) is 10.4. The first-order valence-electron chi connectivity index (χ1n) is 9.66. The number of ether oxygens (including phenoxy) is 4. The summed E-state index contributed by atoms with van der Waals surface area (Å²) in [7, 11) is 1.20. The molecule has 0 spiro atoms. The first-order chi connectivity index (χ1) is 15.1. The average Bonchev–Trinajstić information content (AvgIpc) is 2.81. The number of hydrogen-bond acceptors (Lipinski definition) is 7. The van der Waals surface area contributed by atoms with Gasteiger partial charge in [0.1, 0.15) is 13.2 Å². The zero-order chi connectivity index (χ0) is 22.3. The van der Waals surface area contributed by atoms with Crippen molar-refractivity contribution in [1.29, 1.82) is 0 Å². The van der Waals surface area contributed by atoms with E-state index in [1.54, 1.807) is 0 Å². The molecule has 1 atom stereocenters. The van der Waals surface area contributed by atoms with Crippen LogP contribution in [0.1, 0.15) is 11.1 Å². The number of benzene rings is 2. The molecule has 31 heavy (non-hydrogen) atoms. The van der Waals surface area contributed by atoms with Crippen molar-refractivity contribution in [3.63, 3.8) is 0 Å². The van der Waals surface area contributed by atoms with Crippen LogP contribution in [0.4, 0.5) is 9.59 Å². The van der Waals surface area contributed by atoms with Crippen molar-refractivity contribution in [2.75, 3.05) is 26.9 Å². The van der Waals surface area contributed by atoms with Crippen LogP contribution in [0.25, 0.3) is 0 Å². The molecule has 2 rings (SSSR count). The highest BCUT2D eigenvalue weighted by molar-refractivity contribution is 5.81. The third-order valence-electron chi connectivity index (χ3n) is 4.00. The molecule has 2 amide bonds. The van der Waals surface area contributed by atoms with Crippen LogP contribution in [0.15, 0.2) is 60.7 Å². The molecule has 0 unspecified atom stereocenters. The second kappa shape index (κ2) is 13.6. The van der Waals surface area contributed by atoms with Crippen molar-refractivity contribution < 1.29 is 33.3 Å². The third-order valence-corrected chi connectivity index (χ3v) is 4.00. The lowest BCUT2D eigenvalue weighted by Gasteiger charge is -2.16. The van der Waals surface area contributed by atoms with Gasteiger partial charge in [-0.3, -0.25) is 0 Å². The van der Waals surface area contributed by atoms with Crippen molar-refractivity contribution in [3.05, 3.63) is 71.8 Å². The zero-order valence-corrected chi connectivity index (χ0v) is 17.2. The molecule has 0 saturated carbocycles. The quantitative estimate of drug-likeness (QED) is 0.320. The van der Waals surface area contributed by atoms with E-state index < -0.39 is 24.2 Å². The van der Waals surface area contributed by atoms with Crippen molar-refractivity contribution in [2.45, 2.75) is 19.3 Å². The van der Waals surface area contributed by atoms with Crippen LogP contribution < -0.4 is 10.6 Å². The number of carbonyl (C=O) groups excluding carboxylic acids is 3. The second-order valence-electron chi connectivity index (χ2n) is 6.35. The van der Waals surface area contributed by atoms with Crippen LogP contribution in [-0.2, 0) is 37.0 Å². The minimum atomic E-state index is -1.04. The lowest BCUT2D eigenvalue weighted by atomic mass is 10.2. The Labute approximate surface area is 180 Å². The fraction of sp³-hybridized carbons (Fsp3) is 0.318. The number of nitrogens with one attached hydrogen (secondary N) is 2. The standard InChI is InChI=1S/C22H26N2O7/c1-28-20(25)19(24-22(27)31-15-18-10-6-3-7-11-18)16-29-13-12-23-21(26)30-14-17-8-4-2-5-9-17/h2-11,19H,12-16H2,1H3,(H,23,26)(H,24,27)/t19-/m0/s1. The van der Waals surface area contributed by atoms with Gasteiger partial charge in [0.25, 0.3) is 0 Å². The summed E-state index contributed by atoms with van der Waals surface area (Å²) in [5.41, 5.74) is 1.69. The number of alkyl carbamates (subject to hydrolysis) is 2. The summed E-state index contributed by atoms with van der Waals surface area (Å²) in [6.07, 6.45) is -1.36. The normalized spacial score (nSPS) is 11.1. The molecule has 0 fully saturated rings. The summed E-state index contributed by atoms with van der Waals surface area (Å²) < 4.78 is 20.2. The van der Waals surface area contributed by atoms with Gasteiger partial charge in [0.15, 0.2) is 6.04 Å². The van der Waals surface area contributed by atoms with E-state index in [4.69, 9.17) is 14.2 Å². The maximum Gasteiger partial charge on any atom is 0.408 e. The Bertz CT molecular complexity index is 815.